The third-order valence-electron chi connectivity index (χ3n) is 4.54. The molecule has 4 aromatic rings. The summed E-state index contributed by atoms with van der Waals surface area (Å²) in [6.07, 6.45) is 0.974. The Kier molecular flexibility index (Phi) is 3.16. The molecule has 0 heterocycles. The molecule has 0 aromatic heterocycles. The first kappa shape index (κ1) is 13.1. The second kappa shape index (κ2) is 5.31. The standard InChI is InChI=1S/C22H18/c1-16-18-11-5-7-13-20(18)22(15-17-9-3-2-4-10-17)21-14-8-6-12-19(16)21/h2-14H,15H2,1H3. The van der Waals surface area contributed by atoms with E-state index in [4.69, 9.17) is 0 Å². The van der Waals surface area contributed by atoms with Gasteiger partial charge in [0.1, 0.15) is 0 Å². The molecule has 0 amide bonds. The van der Waals surface area contributed by atoms with Crippen LogP contribution in [0.5, 0.6) is 0 Å². The second-order valence-electron chi connectivity index (χ2n) is 5.86. The molecule has 0 radical (unpaired) electrons. The van der Waals surface area contributed by atoms with Gasteiger partial charge in [-0.1, -0.05) is 78.9 Å². The summed E-state index contributed by atoms with van der Waals surface area (Å²) in [5.74, 6) is 0. The lowest BCUT2D eigenvalue weighted by Crippen LogP contribution is -1.94. The van der Waals surface area contributed by atoms with Crippen LogP contribution >= 0.6 is 0 Å². The van der Waals surface area contributed by atoms with Gasteiger partial charge in [0.15, 0.2) is 0 Å². The van der Waals surface area contributed by atoms with Crippen LogP contribution in [0.15, 0.2) is 78.9 Å². The van der Waals surface area contributed by atoms with E-state index < -0.39 is 0 Å². The summed E-state index contributed by atoms with van der Waals surface area (Å²) in [5, 5.41) is 5.49. The Morgan fingerprint density at radius 2 is 1.00 bits per heavy atom. The summed E-state index contributed by atoms with van der Waals surface area (Å²) in [6.45, 7) is 2.23. The minimum atomic E-state index is 0.974. The lowest BCUT2D eigenvalue weighted by atomic mass is 9.89. The largest absolute Gasteiger partial charge is 0.0622 e. The Bertz CT molecular complexity index is 892. The number of fused-ring (bicyclic) bond motifs is 2. The molecule has 0 saturated carbocycles. The molecule has 22 heavy (non-hydrogen) atoms. The van der Waals surface area contributed by atoms with Crippen LogP contribution in [0.2, 0.25) is 0 Å². The van der Waals surface area contributed by atoms with E-state index in [2.05, 4.69) is 85.8 Å². The van der Waals surface area contributed by atoms with Gasteiger partial charge in [0, 0.05) is 0 Å². The normalized spacial score (nSPS) is 11.1. The van der Waals surface area contributed by atoms with E-state index in [0.717, 1.165) is 6.42 Å². The van der Waals surface area contributed by atoms with Crippen LogP contribution in [0.4, 0.5) is 0 Å². The zero-order chi connectivity index (χ0) is 14.9. The quantitative estimate of drug-likeness (QED) is 0.402. The molecule has 106 valence electrons. The molecule has 4 rings (SSSR count). The van der Waals surface area contributed by atoms with Crippen LogP contribution < -0.4 is 0 Å². The van der Waals surface area contributed by atoms with Crippen LogP contribution in [0.1, 0.15) is 16.7 Å². The van der Waals surface area contributed by atoms with Crippen molar-refractivity contribution in [1.82, 2.24) is 0 Å². The molecule has 0 unspecified atom stereocenters. The molecule has 0 nitrogen and oxygen atoms in total. The van der Waals surface area contributed by atoms with E-state index in [1.54, 1.807) is 0 Å². The highest BCUT2D eigenvalue weighted by atomic mass is 14.1. The van der Waals surface area contributed by atoms with Crippen molar-refractivity contribution < 1.29 is 0 Å². The molecule has 0 aliphatic rings. The van der Waals surface area contributed by atoms with E-state index in [9.17, 15) is 0 Å². The SMILES string of the molecule is Cc1c2ccccc2c(Cc2ccccc2)c2ccccc12. The van der Waals surface area contributed by atoms with Gasteiger partial charge in [-0.25, -0.2) is 0 Å². The van der Waals surface area contributed by atoms with Crippen molar-refractivity contribution in [3.05, 3.63) is 95.6 Å². The van der Waals surface area contributed by atoms with E-state index in [1.165, 1.54) is 38.2 Å². The predicted octanol–water partition coefficient (Wildman–Crippen LogP) is 5.89. The van der Waals surface area contributed by atoms with Gasteiger partial charge >= 0.3 is 0 Å². The third kappa shape index (κ3) is 2.08. The topological polar surface area (TPSA) is 0 Å². The van der Waals surface area contributed by atoms with Gasteiger partial charge in [0.2, 0.25) is 0 Å². The monoisotopic (exact) mass is 282 g/mol. The number of benzene rings is 4. The van der Waals surface area contributed by atoms with Gasteiger partial charge in [0.25, 0.3) is 0 Å². The maximum atomic E-state index is 2.26. The van der Waals surface area contributed by atoms with Crippen molar-refractivity contribution >= 4 is 21.5 Å². The number of hydrogen-bond donors (Lipinski definition) is 0. The molecule has 0 aliphatic heterocycles. The summed E-state index contributed by atoms with van der Waals surface area (Å²) in [7, 11) is 0. The second-order valence-corrected chi connectivity index (χ2v) is 5.86. The van der Waals surface area contributed by atoms with Gasteiger partial charge < -0.3 is 0 Å². The highest BCUT2D eigenvalue weighted by Gasteiger charge is 2.11. The number of rotatable bonds is 2. The smallest absolute Gasteiger partial charge is 0.00134 e. The Morgan fingerprint density at radius 3 is 1.55 bits per heavy atom. The van der Waals surface area contributed by atoms with Gasteiger partial charge in [-0.15, -0.1) is 0 Å². The fourth-order valence-corrected chi connectivity index (χ4v) is 3.43. The molecule has 0 saturated heterocycles. The Labute approximate surface area is 131 Å². The van der Waals surface area contributed by atoms with Crippen LogP contribution in [-0.2, 0) is 6.42 Å². The van der Waals surface area contributed by atoms with Crippen molar-refractivity contribution in [3.63, 3.8) is 0 Å². The van der Waals surface area contributed by atoms with Crippen molar-refractivity contribution in [3.8, 4) is 0 Å². The minimum absolute atomic E-state index is 0.974. The molecular formula is C22H18. The van der Waals surface area contributed by atoms with E-state index in [1.807, 2.05) is 0 Å². The maximum Gasteiger partial charge on any atom is -0.00134 e. The molecular weight excluding hydrogens is 264 g/mol. The van der Waals surface area contributed by atoms with Gasteiger partial charge in [-0.05, 0) is 51.6 Å². The zero-order valence-corrected chi connectivity index (χ0v) is 12.7. The van der Waals surface area contributed by atoms with Crippen molar-refractivity contribution in [2.24, 2.45) is 0 Å². The van der Waals surface area contributed by atoms with Crippen molar-refractivity contribution in [2.45, 2.75) is 13.3 Å². The summed E-state index contributed by atoms with van der Waals surface area (Å²) in [4.78, 5) is 0. The van der Waals surface area contributed by atoms with E-state index in [0.29, 0.717) is 0 Å². The lowest BCUT2D eigenvalue weighted by Gasteiger charge is -2.15. The summed E-state index contributed by atoms with van der Waals surface area (Å²) in [6, 6.07) is 28.3. The van der Waals surface area contributed by atoms with Crippen LogP contribution in [0.25, 0.3) is 21.5 Å². The van der Waals surface area contributed by atoms with Crippen LogP contribution in [0, 0.1) is 6.92 Å². The van der Waals surface area contributed by atoms with Crippen molar-refractivity contribution in [1.29, 1.82) is 0 Å². The Hall–Kier alpha value is -2.60. The molecule has 0 fully saturated rings. The molecule has 0 spiro atoms. The molecule has 0 N–H and O–H groups in total. The first-order valence-corrected chi connectivity index (χ1v) is 7.77. The summed E-state index contributed by atoms with van der Waals surface area (Å²) in [5.41, 5.74) is 4.17. The summed E-state index contributed by atoms with van der Waals surface area (Å²) < 4.78 is 0. The maximum absolute atomic E-state index is 2.26. The fraction of sp³-hybridized carbons (Fsp3) is 0.0909. The molecule has 0 atom stereocenters. The van der Waals surface area contributed by atoms with Gasteiger partial charge in [0.05, 0.1) is 0 Å². The number of hydrogen-bond acceptors (Lipinski definition) is 0. The number of aryl methyl sites for hydroxylation is 1. The summed E-state index contributed by atoms with van der Waals surface area (Å²) >= 11 is 0. The molecule has 0 heteroatoms. The van der Waals surface area contributed by atoms with Crippen LogP contribution in [-0.4, -0.2) is 0 Å². The average molecular weight is 282 g/mol. The average Bonchev–Trinajstić information content (AvgIpc) is 2.59. The third-order valence-corrected chi connectivity index (χ3v) is 4.54. The highest BCUT2D eigenvalue weighted by molar-refractivity contribution is 6.05. The minimum Gasteiger partial charge on any atom is -0.0622 e. The fourth-order valence-electron chi connectivity index (χ4n) is 3.43. The lowest BCUT2D eigenvalue weighted by molar-refractivity contribution is 1.23. The van der Waals surface area contributed by atoms with Crippen LogP contribution in [0.3, 0.4) is 0 Å². The van der Waals surface area contributed by atoms with Gasteiger partial charge in [-0.2, -0.15) is 0 Å². The Morgan fingerprint density at radius 1 is 0.545 bits per heavy atom. The molecule has 4 aromatic carbocycles. The molecule has 0 bridgehead atoms. The van der Waals surface area contributed by atoms with E-state index >= 15 is 0 Å². The highest BCUT2D eigenvalue weighted by Crippen LogP contribution is 2.33. The first-order chi connectivity index (χ1) is 10.8. The molecule has 0 aliphatic carbocycles. The first-order valence-electron chi connectivity index (χ1n) is 7.77. The zero-order valence-electron chi connectivity index (χ0n) is 12.7. The predicted molar refractivity (Wildman–Crippen MR) is 95.4 cm³/mol. The van der Waals surface area contributed by atoms with Gasteiger partial charge in [-0.3, -0.25) is 0 Å². The Balaban J connectivity index is 2.07. The van der Waals surface area contributed by atoms with E-state index in [-0.39, 0.29) is 0 Å². The van der Waals surface area contributed by atoms with Crippen molar-refractivity contribution in [2.75, 3.05) is 0 Å².